The first-order chi connectivity index (χ1) is 8.72. The predicted octanol–water partition coefficient (Wildman–Crippen LogP) is 1.43. The van der Waals surface area contributed by atoms with Gasteiger partial charge in [-0.2, -0.15) is 0 Å². The molecule has 2 rings (SSSR count). The molecule has 0 spiro atoms. The minimum absolute atomic E-state index is 0.151. The number of aryl methyl sites for hydroxylation is 1. The molecule has 5 nitrogen and oxygen atoms in total. The van der Waals surface area contributed by atoms with Crippen LogP contribution in [0.3, 0.4) is 0 Å². The van der Waals surface area contributed by atoms with Crippen LogP contribution in [0, 0.1) is 0 Å². The molecular formula is C13H22N4O. The lowest BCUT2D eigenvalue weighted by Gasteiger charge is -2.30. The van der Waals surface area contributed by atoms with Crippen molar-refractivity contribution in [3.05, 3.63) is 11.9 Å². The molecule has 0 aromatic carbocycles. The molecule has 0 saturated carbocycles. The number of piperidine rings is 1. The monoisotopic (exact) mass is 250 g/mol. The third-order valence-electron chi connectivity index (χ3n) is 3.28. The number of anilines is 2. The molecular weight excluding hydrogens is 228 g/mol. The van der Waals surface area contributed by atoms with Crippen molar-refractivity contribution in [1.82, 2.24) is 9.97 Å². The minimum Gasteiger partial charge on any atom is -0.393 e. The van der Waals surface area contributed by atoms with Gasteiger partial charge in [0.2, 0.25) is 0 Å². The maximum Gasteiger partial charge on any atom is 0.134 e. The molecule has 100 valence electrons. The summed E-state index contributed by atoms with van der Waals surface area (Å²) in [5.74, 6) is 2.74. The Kier molecular flexibility index (Phi) is 4.36. The van der Waals surface area contributed by atoms with Gasteiger partial charge in [-0.3, -0.25) is 0 Å². The second-order valence-electron chi connectivity index (χ2n) is 4.75. The van der Waals surface area contributed by atoms with Crippen LogP contribution in [-0.4, -0.2) is 41.3 Å². The Labute approximate surface area is 108 Å². The van der Waals surface area contributed by atoms with Crippen LogP contribution < -0.4 is 10.2 Å². The fourth-order valence-corrected chi connectivity index (χ4v) is 2.20. The van der Waals surface area contributed by atoms with Gasteiger partial charge >= 0.3 is 0 Å². The summed E-state index contributed by atoms with van der Waals surface area (Å²) in [6.45, 7) is 3.87. The van der Waals surface area contributed by atoms with E-state index in [0.717, 1.165) is 56.2 Å². The number of aliphatic hydroxyl groups is 1. The lowest BCUT2D eigenvalue weighted by atomic mass is 10.1. The van der Waals surface area contributed by atoms with E-state index >= 15 is 0 Å². The fourth-order valence-electron chi connectivity index (χ4n) is 2.20. The van der Waals surface area contributed by atoms with E-state index in [1.165, 1.54) is 0 Å². The number of hydrogen-bond donors (Lipinski definition) is 2. The number of nitrogens with zero attached hydrogens (tertiary/aromatic N) is 3. The van der Waals surface area contributed by atoms with Crippen molar-refractivity contribution in [2.75, 3.05) is 30.4 Å². The van der Waals surface area contributed by atoms with Gasteiger partial charge in [-0.25, -0.2) is 9.97 Å². The minimum atomic E-state index is -0.151. The molecule has 0 aliphatic carbocycles. The van der Waals surface area contributed by atoms with Gasteiger partial charge in [0, 0.05) is 32.6 Å². The Morgan fingerprint density at radius 1 is 1.39 bits per heavy atom. The van der Waals surface area contributed by atoms with Crippen molar-refractivity contribution in [2.45, 2.75) is 38.7 Å². The number of hydrogen-bond acceptors (Lipinski definition) is 5. The molecule has 1 aromatic rings. The lowest BCUT2D eigenvalue weighted by Crippen LogP contribution is -2.36. The first kappa shape index (κ1) is 13.1. The second kappa shape index (κ2) is 6.00. The first-order valence-electron chi connectivity index (χ1n) is 6.71. The molecule has 1 fully saturated rings. The highest BCUT2D eigenvalue weighted by Gasteiger charge is 2.19. The molecule has 1 saturated heterocycles. The van der Waals surface area contributed by atoms with Crippen molar-refractivity contribution < 1.29 is 5.11 Å². The standard InChI is InChI=1S/C13H22N4O/c1-3-4-11-15-12(14-2)9-13(16-11)17-7-5-10(18)6-8-17/h9-10,18H,3-8H2,1-2H3,(H,14,15,16). The van der Waals surface area contributed by atoms with Crippen molar-refractivity contribution >= 4 is 11.6 Å². The van der Waals surface area contributed by atoms with Gasteiger partial charge in [0.25, 0.3) is 0 Å². The summed E-state index contributed by atoms with van der Waals surface area (Å²) in [6.07, 6.45) is 3.44. The zero-order valence-electron chi connectivity index (χ0n) is 11.2. The molecule has 1 aliphatic heterocycles. The molecule has 0 unspecified atom stereocenters. The Hall–Kier alpha value is -1.36. The molecule has 0 bridgehead atoms. The van der Waals surface area contributed by atoms with Crippen LogP contribution in [0.15, 0.2) is 6.07 Å². The average molecular weight is 250 g/mol. The van der Waals surface area contributed by atoms with E-state index in [1.807, 2.05) is 13.1 Å². The molecule has 0 atom stereocenters. The second-order valence-corrected chi connectivity index (χ2v) is 4.75. The number of aliphatic hydroxyl groups excluding tert-OH is 1. The van der Waals surface area contributed by atoms with Gasteiger partial charge < -0.3 is 15.3 Å². The normalized spacial score (nSPS) is 16.9. The molecule has 5 heteroatoms. The first-order valence-corrected chi connectivity index (χ1v) is 6.71. The zero-order valence-corrected chi connectivity index (χ0v) is 11.2. The van der Waals surface area contributed by atoms with Crippen LogP contribution >= 0.6 is 0 Å². The summed E-state index contributed by atoms with van der Waals surface area (Å²) in [4.78, 5) is 11.3. The van der Waals surface area contributed by atoms with Gasteiger partial charge in [0.1, 0.15) is 17.5 Å². The smallest absolute Gasteiger partial charge is 0.134 e. The van der Waals surface area contributed by atoms with E-state index in [2.05, 4.69) is 27.1 Å². The predicted molar refractivity (Wildman–Crippen MR) is 73.0 cm³/mol. The summed E-state index contributed by atoms with van der Waals surface area (Å²) < 4.78 is 0. The summed E-state index contributed by atoms with van der Waals surface area (Å²) in [7, 11) is 1.88. The van der Waals surface area contributed by atoms with Gasteiger partial charge in [-0.1, -0.05) is 6.92 Å². The summed E-state index contributed by atoms with van der Waals surface area (Å²) in [5, 5.41) is 12.6. The van der Waals surface area contributed by atoms with E-state index in [4.69, 9.17) is 0 Å². The molecule has 1 aliphatic rings. The van der Waals surface area contributed by atoms with Crippen LogP contribution in [0.5, 0.6) is 0 Å². The summed E-state index contributed by atoms with van der Waals surface area (Å²) in [6, 6.07) is 1.98. The summed E-state index contributed by atoms with van der Waals surface area (Å²) in [5.41, 5.74) is 0. The Morgan fingerprint density at radius 2 is 2.11 bits per heavy atom. The number of aromatic nitrogens is 2. The number of rotatable bonds is 4. The van der Waals surface area contributed by atoms with Gasteiger partial charge in [-0.15, -0.1) is 0 Å². The van der Waals surface area contributed by atoms with Crippen molar-refractivity contribution in [1.29, 1.82) is 0 Å². The van der Waals surface area contributed by atoms with Crippen LogP contribution in [0.4, 0.5) is 11.6 Å². The summed E-state index contributed by atoms with van der Waals surface area (Å²) >= 11 is 0. The third kappa shape index (κ3) is 3.10. The van der Waals surface area contributed by atoms with Crippen molar-refractivity contribution in [3.8, 4) is 0 Å². The Balaban J connectivity index is 2.17. The zero-order chi connectivity index (χ0) is 13.0. The average Bonchev–Trinajstić information content (AvgIpc) is 2.39. The number of nitrogens with one attached hydrogen (secondary N) is 1. The van der Waals surface area contributed by atoms with Crippen LogP contribution in [-0.2, 0) is 6.42 Å². The topological polar surface area (TPSA) is 61.3 Å². The molecule has 2 heterocycles. The molecule has 18 heavy (non-hydrogen) atoms. The molecule has 0 amide bonds. The van der Waals surface area contributed by atoms with E-state index in [-0.39, 0.29) is 6.10 Å². The quantitative estimate of drug-likeness (QED) is 0.846. The highest BCUT2D eigenvalue weighted by atomic mass is 16.3. The Bertz CT molecular complexity index is 389. The highest BCUT2D eigenvalue weighted by molar-refractivity contribution is 5.49. The van der Waals surface area contributed by atoms with Gasteiger partial charge in [-0.05, 0) is 19.3 Å². The Morgan fingerprint density at radius 3 is 2.72 bits per heavy atom. The van der Waals surface area contributed by atoms with E-state index in [9.17, 15) is 5.11 Å². The van der Waals surface area contributed by atoms with Crippen molar-refractivity contribution in [2.24, 2.45) is 0 Å². The maximum atomic E-state index is 9.54. The molecule has 1 aromatic heterocycles. The van der Waals surface area contributed by atoms with Gasteiger partial charge in [0.15, 0.2) is 0 Å². The highest BCUT2D eigenvalue weighted by Crippen LogP contribution is 2.20. The SMILES string of the molecule is CCCc1nc(NC)cc(N2CCC(O)CC2)n1. The van der Waals surface area contributed by atoms with E-state index < -0.39 is 0 Å². The molecule has 0 radical (unpaired) electrons. The largest absolute Gasteiger partial charge is 0.393 e. The van der Waals surface area contributed by atoms with Gasteiger partial charge in [0.05, 0.1) is 6.10 Å². The van der Waals surface area contributed by atoms with Crippen LogP contribution in [0.1, 0.15) is 32.0 Å². The van der Waals surface area contributed by atoms with E-state index in [1.54, 1.807) is 0 Å². The van der Waals surface area contributed by atoms with Crippen LogP contribution in [0.25, 0.3) is 0 Å². The fraction of sp³-hybridized carbons (Fsp3) is 0.692. The van der Waals surface area contributed by atoms with Crippen LogP contribution in [0.2, 0.25) is 0 Å². The van der Waals surface area contributed by atoms with E-state index in [0.29, 0.717) is 0 Å². The molecule has 2 N–H and O–H groups in total. The third-order valence-corrected chi connectivity index (χ3v) is 3.28. The lowest BCUT2D eigenvalue weighted by molar-refractivity contribution is 0.145. The maximum absolute atomic E-state index is 9.54. The van der Waals surface area contributed by atoms with Crippen molar-refractivity contribution in [3.63, 3.8) is 0 Å².